The van der Waals surface area contributed by atoms with Gasteiger partial charge in [0.15, 0.2) is 0 Å². The molecule has 17 heavy (non-hydrogen) atoms. The zero-order valence-corrected chi connectivity index (χ0v) is 10.6. The largest absolute Gasteiger partial charge is 0.269 e. The Morgan fingerprint density at radius 2 is 2.00 bits per heavy atom. The fourth-order valence-corrected chi connectivity index (χ4v) is 1.75. The molecule has 0 unspecified atom stereocenters. The van der Waals surface area contributed by atoms with Crippen molar-refractivity contribution in [1.29, 1.82) is 0 Å². The maximum absolute atomic E-state index is 10.5. The number of rotatable bonds is 6. The number of nitro groups is 1. The number of unbranched alkanes of at least 4 members (excludes halogenated alkanes) is 2. The predicted octanol–water partition coefficient (Wildman–Crippen LogP) is 4.75. The van der Waals surface area contributed by atoms with Crippen LogP contribution in [0.1, 0.15) is 38.2 Å². The Hall–Kier alpha value is -1.35. The molecule has 1 aromatic rings. The van der Waals surface area contributed by atoms with Crippen LogP contribution in [0.2, 0.25) is 0 Å². The van der Waals surface area contributed by atoms with Crippen molar-refractivity contribution < 1.29 is 4.92 Å². The van der Waals surface area contributed by atoms with Gasteiger partial charge in [0.2, 0.25) is 0 Å². The second-order valence-corrected chi connectivity index (χ2v) is 4.38. The van der Waals surface area contributed by atoms with Crippen LogP contribution >= 0.6 is 11.6 Å². The Labute approximate surface area is 106 Å². The van der Waals surface area contributed by atoms with E-state index >= 15 is 0 Å². The Bertz CT molecular complexity index is 398. The van der Waals surface area contributed by atoms with E-state index in [1.54, 1.807) is 12.1 Å². The highest BCUT2D eigenvalue weighted by Gasteiger charge is 2.03. The fourth-order valence-electron chi connectivity index (χ4n) is 1.49. The molecule has 3 nitrogen and oxygen atoms in total. The number of hydrogen-bond acceptors (Lipinski definition) is 2. The number of non-ortho nitro benzene ring substituents is 1. The van der Waals surface area contributed by atoms with Crippen LogP contribution in [0.3, 0.4) is 0 Å². The summed E-state index contributed by atoms with van der Waals surface area (Å²) in [6.45, 7) is 2.15. The van der Waals surface area contributed by atoms with Gasteiger partial charge in [0.05, 0.1) is 4.92 Å². The third-order valence-corrected chi connectivity index (χ3v) is 2.74. The number of benzene rings is 1. The van der Waals surface area contributed by atoms with Gasteiger partial charge in [-0.15, -0.1) is 0 Å². The van der Waals surface area contributed by atoms with E-state index in [1.807, 2.05) is 6.08 Å². The minimum atomic E-state index is -0.406. The summed E-state index contributed by atoms with van der Waals surface area (Å²) < 4.78 is 0. The van der Waals surface area contributed by atoms with Crippen molar-refractivity contribution in [3.05, 3.63) is 45.0 Å². The van der Waals surface area contributed by atoms with Gasteiger partial charge in [-0.2, -0.15) is 0 Å². The second-order valence-electron chi connectivity index (χ2n) is 3.90. The van der Waals surface area contributed by atoms with Gasteiger partial charge in [-0.1, -0.05) is 31.4 Å². The Morgan fingerprint density at radius 1 is 1.35 bits per heavy atom. The van der Waals surface area contributed by atoms with Crippen LogP contribution in [-0.2, 0) is 0 Å². The first kappa shape index (κ1) is 13.7. The van der Waals surface area contributed by atoms with Crippen molar-refractivity contribution in [2.24, 2.45) is 0 Å². The summed E-state index contributed by atoms with van der Waals surface area (Å²) in [6.07, 6.45) is 6.15. The molecule has 0 radical (unpaired) electrons. The van der Waals surface area contributed by atoms with E-state index in [4.69, 9.17) is 11.6 Å². The highest BCUT2D eigenvalue weighted by molar-refractivity contribution is 6.31. The summed E-state index contributed by atoms with van der Waals surface area (Å²) in [6, 6.07) is 6.39. The number of halogens is 1. The molecule has 0 amide bonds. The van der Waals surface area contributed by atoms with Crippen LogP contribution in [0.15, 0.2) is 29.3 Å². The lowest BCUT2D eigenvalue weighted by Crippen LogP contribution is -1.86. The van der Waals surface area contributed by atoms with Crippen molar-refractivity contribution in [2.45, 2.75) is 32.6 Å². The summed E-state index contributed by atoms with van der Waals surface area (Å²) in [4.78, 5) is 10.1. The van der Waals surface area contributed by atoms with Crippen LogP contribution in [-0.4, -0.2) is 4.92 Å². The molecule has 0 saturated carbocycles. The molecule has 0 N–H and O–H groups in total. The lowest BCUT2D eigenvalue weighted by molar-refractivity contribution is -0.384. The molecule has 0 aliphatic rings. The maximum atomic E-state index is 10.5. The molecule has 0 heterocycles. The van der Waals surface area contributed by atoms with E-state index in [9.17, 15) is 10.1 Å². The topological polar surface area (TPSA) is 43.1 Å². The molecule has 0 atom stereocenters. The van der Waals surface area contributed by atoms with Crippen molar-refractivity contribution >= 4 is 23.4 Å². The quantitative estimate of drug-likeness (QED) is 0.417. The van der Waals surface area contributed by atoms with Crippen molar-refractivity contribution in [2.75, 3.05) is 0 Å². The molecule has 0 aliphatic heterocycles. The molecule has 92 valence electrons. The van der Waals surface area contributed by atoms with E-state index in [2.05, 4.69) is 6.92 Å². The van der Waals surface area contributed by atoms with Crippen LogP contribution < -0.4 is 0 Å². The summed E-state index contributed by atoms with van der Waals surface area (Å²) in [7, 11) is 0. The van der Waals surface area contributed by atoms with Gasteiger partial charge in [0.1, 0.15) is 0 Å². The molecule has 1 aromatic carbocycles. The monoisotopic (exact) mass is 253 g/mol. The van der Waals surface area contributed by atoms with Crippen molar-refractivity contribution in [1.82, 2.24) is 0 Å². The number of nitro benzene ring substituents is 1. The van der Waals surface area contributed by atoms with Crippen molar-refractivity contribution in [3.8, 4) is 0 Å². The number of hydrogen-bond donors (Lipinski definition) is 0. The molecule has 0 aliphatic carbocycles. The molecule has 4 heteroatoms. The highest BCUT2D eigenvalue weighted by Crippen LogP contribution is 2.19. The first-order chi connectivity index (χ1) is 8.13. The smallest absolute Gasteiger partial charge is 0.258 e. The summed E-state index contributed by atoms with van der Waals surface area (Å²) in [5.41, 5.74) is 1.00. The van der Waals surface area contributed by atoms with Gasteiger partial charge in [0.25, 0.3) is 5.69 Å². The molecule has 1 rings (SSSR count). The van der Waals surface area contributed by atoms with Crippen LogP contribution in [0.25, 0.3) is 6.08 Å². The Balaban J connectivity index is 2.61. The molecule has 0 spiro atoms. The predicted molar refractivity (Wildman–Crippen MR) is 71.1 cm³/mol. The van der Waals surface area contributed by atoms with E-state index in [-0.39, 0.29) is 5.69 Å². The molecular weight excluding hydrogens is 238 g/mol. The van der Waals surface area contributed by atoms with Gasteiger partial charge < -0.3 is 0 Å². The van der Waals surface area contributed by atoms with E-state index < -0.39 is 4.92 Å². The van der Waals surface area contributed by atoms with Gasteiger partial charge in [-0.05, 0) is 36.6 Å². The molecule has 0 saturated heterocycles. The SMILES string of the molecule is CCCCC/C(Cl)=C/c1ccc([N+](=O)[O-])cc1. The minimum absolute atomic E-state index is 0.101. The van der Waals surface area contributed by atoms with E-state index in [0.29, 0.717) is 0 Å². The molecule has 0 aromatic heterocycles. The molecule has 0 bridgehead atoms. The standard InChI is InChI=1S/C13H16ClNO2/c1-2-3-4-5-12(14)10-11-6-8-13(9-7-11)15(16)17/h6-10H,2-5H2,1H3/b12-10-. The number of allylic oxidation sites excluding steroid dienone is 1. The van der Waals surface area contributed by atoms with Gasteiger partial charge in [0, 0.05) is 17.2 Å². The average molecular weight is 254 g/mol. The summed E-state index contributed by atoms with van der Waals surface area (Å²) in [5, 5.41) is 11.3. The third-order valence-electron chi connectivity index (χ3n) is 2.45. The van der Waals surface area contributed by atoms with Gasteiger partial charge in [-0.25, -0.2) is 0 Å². The zero-order valence-electron chi connectivity index (χ0n) is 9.86. The van der Waals surface area contributed by atoms with E-state index in [0.717, 1.165) is 23.4 Å². The summed E-state index contributed by atoms with van der Waals surface area (Å²) in [5.74, 6) is 0. The second kappa shape index (κ2) is 7.07. The number of nitrogens with zero attached hydrogens (tertiary/aromatic N) is 1. The molecular formula is C13H16ClNO2. The fraction of sp³-hybridized carbons (Fsp3) is 0.385. The summed E-state index contributed by atoms with van der Waals surface area (Å²) >= 11 is 6.08. The lowest BCUT2D eigenvalue weighted by atomic mass is 10.1. The maximum Gasteiger partial charge on any atom is 0.269 e. The molecule has 0 fully saturated rings. The van der Waals surface area contributed by atoms with Crippen LogP contribution in [0.4, 0.5) is 5.69 Å². The minimum Gasteiger partial charge on any atom is -0.258 e. The zero-order chi connectivity index (χ0) is 12.7. The highest BCUT2D eigenvalue weighted by atomic mass is 35.5. The van der Waals surface area contributed by atoms with Crippen LogP contribution in [0.5, 0.6) is 0 Å². The first-order valence-corrected chi connectivity index (χ1v) is 6.12. The third kappa shape index (κ3) is 5.00. The average Bonchev–Trinajstić information content (AvgIpc) is 2.30. The first-order valence-electron chi connectivity index (χ1n) is 5.74. The van der Waals surface area contributed by atoms with Gasteiger partial charge >= 0.3 is 0 Å². The van der Waals surface area contributed by atoms with Crippen molar-refractivity contribution in [3.63, 3.8) is 0 Å². The Morgan fingerprint density at radius 3 is 2.53 bits per heavy atom. The normalized spacial score (nSPS) is 11.5. The van der Waals surface area contributed by atoms with Crippen LogP contribution in [0, 0.1) is 10.1 Å². The Kier molecular flexibility index (Phi) is 5.70. The van der Waals surface area contributed by atoms with Gasteiger partial charge in [-0.3, -0.25) is 10.1 Å². The van der Waals surface area contributed by atoms with E-state index in [1.165, 1.54) is 25.0 Å². The lowest BCUT2D eigenvalue weighted by Gasteiger charge is -1.99.